The van der Waals surface area contributed by atoms with Crippen molar-refractivity contribution in [2.75, 3.05) is 13.1 Å². The SMILES string of the molecule is CCc1ccc(N=NN2CCCCC2)cc1. The van der Waals surface area contributed by atoms with Gasteiger partial charge in [-0.2, -0.15) is 0 Å². The van der Waals surface area contributed by atoms with Gasteiger partial charge >= 0.3 is 0 Å². The van der Waals surface area contributed by atoms with Crippen LogP contribution in [0.2, 0.25) is 0 Å². The monoisotopic (exact) mass is 217 g/mol. The molecule has 0 aromatic heterocycles. The third-order valence-corrected chi connectivity index (χ3v) is 2.96. The maximum atomic E-state index is 4.27. The van der Waals surface area contributed by atoms with Crippen molar-refractivity contribution in [3.05, 3.63) is 29.8 Å². The molecule has 1 aromatic carbocycles. The molecule has 0 spiro atoms. The van der Waals surface area contributed by atoms with Crippen LogP contribution in [0.25, 0.3) is 0 Å². The second-order valence-electron chi connectivity index (χ2n) is 4.22. The van der Waals surface area contributed by atoms with Crippen molar-refractivity contribution < 1.29 is 0 Å². The molecule has 0 unspecified atom stereocenters. The van der Waals surface area contributed by atoms with Crippen molar-refractivity contribution in [3.63, 3.8) is 0 Å². The first kappa shape index (κ1) is 11.1. The fourth-order valence-electron chi connectivity index (χ4n) is 1.88. The van der Waals surface area contributed by atoms with Crippen LogP contribution in [0.1, 0.15) is 31.7 Å². The predicted molar refractivity (Wildman–Crippen MR) is 65.8 cm³/mol. The molecular weight excluding hydrogens is 198 g/mol. The lowest BCUT2D eigenvalue weighted by atomic mass is 10.2. The van der Waals surface area contributed by atoms with Gasteiger partial charge in [-0.05, 0) is 43.4 Å². The fraction of sp³-hybridized carbons (Fsp3) is 0.538. The van der Waals surface area contributed by atoms with Gasteiger partial charge in [-0.1, -0.05) is 24.3 Å². The third-order valence-electron chi connectivity index (χ3n) is 2.96. The van der Waals surface area contributed by atoms with Gasteiger partial charge in [-0.25, -0.2) is 0 Å². The average Bonchev–Trinajstić information content (AvgIpc) is 2.38. The van der Waals surface area contributed by atoms with Crippen LogP contribution in [0, 0.1) is 0 Å². The van der Waals surface area contributed by atoms with Gasteiger partial charge in [0.1, 0.15) is 0 Å². The van der Waals surface area contributed by atoms with Crippen LogP contribution in [0.4, 0.5) is 5.69 Å². The lowest BCUT2D eigenvalue weighted by molar-refractivity contribution is 0.224. The van der Waals surface area contributed by atoms with E-state index in [2.05, 4.69) is 34.4 Å². The van der Waals surface area contributed by atoms with Gasteiger partial charge in [0.25, 0.3) is 0 Å². The number of rotatable bonds is 3. The molecule has 0 aliphatic carbocycles. The lowest BCUT2D eigenvalue weighted by Gasteiger charge is -2.21. The Bertz CT molecular complexity index is 337. The molecular formula is C13H19N3. The normalized spacial score (nSPS) is 16.9. The Kier molecular flexibility index (Phi) is 3.91. The summed E-state index contributed by atoms with van der Waals surface area (Å²) in [5.41, 5.74) is 2.29. The molecule has 1 aromatic rings. The Morgan fingerprint density at radius 1 is 1.06 bits per heavy atom. The molecule has 0 atom stereocenters. The minimum atomic E-state index is 0.947. The quantitative estimate of drug-likeness (QED) is 0.709. The molecule has 1 saturated heterocycles. The average molecular weight is 217 g/mol. The number of piperidine rings is 1. The van der Waals surface area contributed by atoms with Crippen molar-refractivity contribution in [1.82, 2.24) is 5.01 Å². The highest BCUT2D eigenvalue weighted by Gasteiger charge is 2.06. The Labute approximate surface area is 97.2 Å². The first-order valence-electron chi connectivity index (χ1n) is 6.14. The predicted octanol–water partition coefficient (Wildman–Crippen LogP) is 3.73. The van der Waals surface area contributed by atoms with E-state index in [0.717, 1.165) is 25.2 Å². The van der Waals surface area contributed by atoms with Crippen molar-refractivity contribution in [2.24, 2.45) is 10.3 Å². The van der Waals surface area contributed by atoms with Gasteiger partial charge in [0.2, 0.25) is 0 Å². The van der Waals surface area contributed by atoms with Crippen molar-refractivity contribution in [1.29, 1.82) is 0 Å². The summed E-state index contributed by atoms with van der Waals surface area (Å²) < 4.78 is 0. The van der Waals surface area contributed by atoms with Gasteiger partial charge < -0.3 is 0 Å². The lowest BCUT2D eigenvalue weighted by Crippen LogP contribution is -2.23. The van der Waals surface area contributed by atoms with Gasteiger partial charge in [0, 0.05) is 13.1 Å². The maximum absolute atomic E-state index is 4.27. The molecule has 86 valence electrons. The molecule has 0 bridgehead atoms. The molecule has 1 fully saturated rings. The summed E-state index contributed by atoms with van der Waals surface area (Å²) in [7, 11) is 0. The molecule has 0 amide bonds. The number of aryl methyl sites for hydroxylation is 1. The molecule has 1 aliphatic heterocycles. The fourth-order valence-corrected chi connectivity index (χ4v) is 1.88. The second-order valence-corrected chi connectivity index (χ2v) is 4.22. The van der Waals surface area contributed by atoms with E-state index in [1.54, 1.807) is 0 Å². The smallest absolute Gasteiger partial charge is 0.0874 e. The zero-order valence-electron chi connectivity index (χ0n) is 9.89. The highest BCUT2D eigenvalue weighted by atomic mass is 15.5. The van der Waals surface area contributed by atoms with Gasteiger partial charge in [-0.3, -0.25) is 5.01 Å². The van der Waals surface area contributed by atoms with E-state index in [1.165, 1.54) is 24.8 Å². The number of nitrogens with zero attached hydrogens (tertiary/aromatic N) is 3. The van der Waals surface area contributed by atoms with Crippen LogP contribution in [0.3, 0.4) is 0 Å². The van der Waals surface area contributed by atoms with Crippen molar-refractivity contribution in [3.8, 4) is 0 Å². The standard InChI is InChI=1S/C13H19N3/c1-2-12-6-8-13(9-7-12)14-15-16-10-4-3-5-11-16/h6-9H,2-5,10-11H2,1H3. The van der Waals surface area contributed by atoms with Crippen LogP contribution in [-0.2, 0) is 6.42 Å². The van der Waals surface area contributed by atoms with Crippen LogP contribution in [0.15, 0.2) is 34.6 Å². The minimum Gasteiger partial charge on any atom is -0.278 e. The zero-order chi connectivity index (χ0) is 11.2. The van der Waals surface area contributed by atoms with Crippen LogP contribution < -0.4 is 0 Å². The summed E-state index contributed by atoms with van der Waals surface area (Å²) in [5.74, 6) is 0. The minimum absolute atomic E-state index is 0.947. The van der Waals surface area contributed by atoms with E-state index in [4.69, 9.17) is 0 Å². The van der Waals surface area contributed by atoms with Gasteiger partial charge in [-0.15, -0.1) is 5.11 Å². The topological polar surface area (TPSA) is 28.0 Å². The Balaban J connectivity index is 1.94. The maximum Gasteiger partial charge on any atom is 0.0874 e. The molecule has 0 saturated carbocycles. The first-order valence-corrected chi connectivity index (χ1v) is 6.14. The van der Waals surface area contributed by atoms with E-state index < -0.39 is 0 Å². The summed E-state index contributed by atoms with van der Waals surface area (Å²) in [6.45, 7) is 4.26. The van der Waals surface area contributed by atoms with E-state index in [0.29, 0.717) is 0 Å². The summed E-state index contributed by atoms with van der Waals surface area (Å²) in [4.78, 5) is 0. The molecule has 1 aliphatic rings. The number of hydrogen-bond acceptors (Lipinski definition) is 2. The Morgan fingerprint density at radius 2 is 1.75 bits per heavy atom. The molecule has 3 heteroatoms. The molecule has 2 rings (SSSR count). The van der Waals surface area contributed by atoms with Crippen molar-refractivity contribution >= 4 is 5.69 Å². The Morgan fingerprint density at radius 3 is 2.38 bits per heavy atom. The zero-order valence-corrected chi connectivity index (χ0v) is 9.89. The van der Waals surface area contributed by atoms with Crippen LogP contribution >= 0.6 is 0 Å². The molecule has 0 radical (unpaired) electrons. The summed E-state index contributed by atoms with van der Waals surface area (Å²) in [6, 6.07) is 8.30. The third kappa shape index (κ3) is 3.05. The highest BCUT2D eigenvalue weighted by molar-refractivity contribution is 5.37. The number of benzene rings is 1. The summed E-state index contributed by atoms with van der Waals surface area (Å²) >= 11 is 0. The second kappa shape index (κ2) is 5.64. The summed E-state index contributed by atoms with van der Waals surface area (Å²) in [6.07, 6.45) is 4.89. The van der Waals surface area contributed by atoms with E-state index in [-0.39, 0.29) is 0 Å². The highest BCUT2D eigenvalue weighted by Crippen LogP contribution is 2.16. The van der Waals surface area contributed by atoms with Gasteiger partial charge in [0.15, 0.2) is 0 Å². The van der Waals surface area contributed by atoms with Crippen LogP contribution in [-0.4, -0.2) is 18.1 Å². The first-order chi connectivity index (χ1) is 7.88. The van der Waals surface area contributed by atoms with Gasteiger partial charge in [0.05, 0.1) is 5.69 Å². The van der Waals surface area contributed by atoms with E-state index in [9.17, 15) is 0 Å². The number of hydrogen-bond donors (Lipinski definition) is 0. The molecule has 3 nitrogen and oxygen atoms in total. The molecule has 16 heavy (non-hydrogen) atoms. The van der Waals surface area contributed by atoms with Crippen LogP contribution in [0.5, 0.6) is 0 Å². The molecule has 1 heterocycles. The largest absolute Gasteiger partial charge is 0.278 e. The Hall–Kier alpha value is -1.38. The van der Waals surface area contributed by atoms with E-state index >= 15 is 0 Å². The molecule has 0 N–H and O–H groups in total. The van der Waals surface area contributed by atoms with E-state index in [1.807, 2.05) is 12.1 Å². The summed E-state index contributed by atoms with van der Waals surface area (Å²) in [5, 5.41) is 10.6. The van der Waals surface area contributed by atoms with Crippen molar-refractivity contribution in [2.45, 2.75) is 32.6 Å².